The van der Waals surface area contributed by atoms with Crippen molar-refractivity contribution in [1.29, 1.82) is 0 Å². The fraction of sp³-hybridized carbons (Fsp3) is 0. The van der Waals surface area contributed by atoms with Gasteiger partial charge in [-0.3, -0.25) is 4.55 Å². The largest absolute Gasteiger partial charge is 0.456 e. The van der Waals surface area contributed by atoms with E-state index >= 15 is 0 Å². The van der Waals surface area contributed by atoms with Gasteiger partial charge in [-0.2, -0.15) is 8.42 Å². The number of benzene rings is 4. The molecule has 0 bridgehead atoms. The van der Waals surface area contributed by atoms with Crippen LogP contribution in [0.25, 0.3) is 33.4 Å². The van der Waals surface area contributed by atoms with Crippen LogP contribution < -0.4 is 15.5 Å². The third kappa shape index (κ3) is 4.35. The van der Waals surface area contributed by atoms with Crippen molar-refractivity contribution in [1.82, 2.24) is 0 Å². The molecule has 0 amide bonds. The van der Waals surface area contributed by atoms with Crippen molar-refractivity contribution in [3.05, 3.63) is 96.4 Å². The second kappa shape index (κ2) is 8.43. The highest BCUT2D eigenvalue weighted by atomic mass is 32.2. The molecule has 0 unspecified atom stereocenters. The zero-order valence-electron chi connectivity index (χ0n) is 18.0. The summed E-state index contributed by atoms with van der Waals surface area (Å²) in [6.45, 7) is 0. The fourth-order valence-corrected chi connectivity index (χ4v) is 5.47. The topological polar surface area (TPSA) is 142 Å². The SMILES string of the molecule is NS(=O)(=O)c1ccccc1-c1c2ccc(=[NH+]c3ccccc3S(=O)(=O)O)cc-2oc2ccccc12. The molecular weight excluding hydrogens is 488 g/mol. The lowest BCUT2D eigenvalue weighted by Gasteiger charge is -2.16. The summed E-state index contributed by atoms with van der Waals surface area (Å²) in [5.74, 6) is 0.428. The third-order valence-electron chi connectivity index (χ3n) is 5.53. The van der Waals surface area contributed by atoms with Crippen molar-refractivity contribution < 1.29 is 30.8 Å². The lowest BCUT2D eigenvalue weighted by atomic mass is 9.94. The average Bonchev–Trinajstić information content (AvgIpc) is 2.81. The van der Waals surface area contributed by atoms with Crippen LogP contribution in [0.5, 0.6) is 0 Å². The second-order valence-corrected chi connectivity index (χ2v) is 10.7. The minimum Gasteiger partial charge on any atom is -0.456 e. The van der Waals surface area contributed by atoms with Gasteiger partial charge in [-0.15, -0.1) is 0 Å². The monoisotopic (exact) mass is 507 g/mol. The molecule has 8 nitrogen and oxygen atoms in total. The highest BCUT2D eigenvalue weighted by Gasteiger charge is 2.23. The summed E-state index contributed by atoms with van der Waals surface area (Å²) >= 11 is 0. The van der Waals surface area contributed by atoms with Crippen molar-refractivity contribution in [2.75, 3.05) is 0 Å². The molecule has 0 saturated heterocycles. The summed E-state index contributed by atoms with van der Waals surface area (Å²) in [6.07, 6.45) is 0. The van der Waals surface area contributed by atoms with Crippen molar-refractivity contribution in [3.63, 3.8) is 0 Å². The molecule has 3 aromatic carbocycles. The molecule has 35 heavy (non-hydrogen) atoms. The smallest absolute Gasteiger partial charge is 0.301 e. The van der Waals surface area contributed by atoms with Crippen LogP contribution >= 0.6 is 0 Å². The summed E-state index contributed by atoms with van der Waals surface area (Å²) < 4.78 is 63.9. The van der Waals surface area contributed by atoms with Crippen LogP contribution in [0, 0.1) is 0 Å². The Bertz CT molecular complexity index is 1860. The van der Waals surface area contributed by atoms with Gasteiger partial charge in [-0.1, -0.05) is 48.5 Å². The Hall–Kier alpha value is -3.83. The van der Waals surface area contributed by atoms with Gasteiger partial charge in [0.2, 0.25) is 21.1 Å². The highest BCUT2D eigenvalue weighted by Crippen LogP contribution is 2.41. The number of sulfonamides is 1. The number of rotatable bonds is 4. The Morgan fingerprint density at radius 3 is 2.14 bits per heavy atom. The molecule has 3 aromatic rings. The summed E-state index contributed by atoms with van der Waals surface area (Å²) in [5.41, 5.74) is 2.42. The van der Waals surface area contributed by atoms with Crippen LogP contribution in [-0.2, 0) is 20.1 Å². The lowest BCUT2D eigenvalue weighted by Crippen LogP contribution is -2.70. The third-order valence-corrected chi connectivity index (χ3v) is 7.42. The van der Waals surface area contributed by atoms with E-state index < -0.39 is 20.1 Å². The Balaban J connectivity index is 1.84. The summed E-state index contributed by atoms with van der Waals surface area (Å²) in [6, 6.07) is 24.8. The normalized spacial score (nSPS) is 12.9. The summed E-state index contributed by atoms with van der Waals surface area (Å²) in [4.78, 5) is 2.72. The standard InChI is InChI=1S/C25H18N2O6S2/c26-34(28,29)23-11-5-2-8-19(23)25-17-7-1-4-10-21(17)33-22-15-16(13-14-18(22)25)27-20-9-3-6-12-24(20)35(30,31)32/h1-15H,(H2,26,28,29)(H,30,31,32)/p+1. The van der Waals surface area contributed by atoms with Gasteiger partial charge in [0, 0.05) is 34.2 Å². The van der Waals surface area contributed by atoms with Gasteiger partial charge in [-0.05, 0) is 24.3 Å². The maximum absolute atomic E-state index is 12.3. The van der Waals surface area contributed by atoms with E-state index in [0.717, 1.165) is 0 Å². The molecule has 176 valence electrons. The van der Waals surface area contributed by atoms with E-state index in [0.29, 0.717) is 38.8 Å². The van der Waals surface area contributed by atoms with E-state index in [1.165, 1.54) is 24.3 Å². The first-order valence-electron chi connectivity index (χ1n) is 10.4. The minimum atomic E-state index is -4.44. The second-order valence-electron chi connectivity index (χ2n) is 7.82. The van der Waals surface area contributed by atoms with Gasteiger partial charge in [0.15, 0.2) is 4.90 Å². The molecule has 4 N–H and O–H groups in total. The maximum Gasteiger partial charge on any atom is 0.301 e. The molecule has 0 radical (unpaired) electrons. The van der Waals surface area contributed by atoms with E-state index in [9.17, 15) is 21.4 Å². The minimum absolute atomic E-state index is 0.0121. The molecule has 0 fully saturated rings. The van der Waals surface area contributed by atoms with E-state index in [2.05, 4.69) is 4.99 Å². The fourth-order valence-electron chi connectivity index (χ4n) is 4.08. The molecule has 0 saturated carbocycles. The van der Waals surface area contributed by atoms with Gasteiger partial charge in [0.25, 0.3) is 0 Å². The van der Waals surface area contributed by atoms with Crippen molar-refractivity contribution in [2.45, 2.75) is 9.79 Å². The van der Waals surface area contributed by atoms with Gasteiger partial charge in [0.1, 0.15) is 11.3 Å². The first-order valence-corrected chi connectivity index (χ1v) is 13.4. The predicted molar refractivity (Wildman–Crippen MR) is 130 cm³/mol. The number of hydrogen-bond donors (Lipinski definition) is 3. The summed E-state index contributed by atoms with van der Waals surface area (Å²) in [5, 5.41) is 6.71. The molecule has 1 heterocycles. The predicted octanol–water partition coefficient (Wildman–Crippen LogP) is 2.41. The molecule has 0 spiro atoms. The molecular formula is C25H19N2O6S2+. The average molecular weight is 508 g/mol. The van der Waals surface area contributed by atoms with Crippen LogP contribution in [0.4, 0.5) is 5.69 Å². The Morgan fingerprint density at radius 1 is 0.743 bits per heavy atom. The molecule has 1 aliphatic carbocycles. The van der Waals surface area contributed by atoms with Crippen LogP contribution in [0.3, 0.4) is 0 Å². The Labute approximate surface area is 201 Å². The molecule has 0 atom stereocenters. The van der Waals surface area contributed by atoms with Gasteiger partial charge < -0.3 is 4.42 Å². The van der Waals surface area contributed by atoms with Gasteiger partial charge in [-0.25, -0.2) is 18.5 Å². The number of fused-ring (bicyclic) bond motifs is 2. The maximum atomic E-state index is 12.3. The van der Waals surface area contributed by atoms with E-state index in [4.69, 9.17) is 9.56 Å². The number of para-hydroxylation sites is 2. The van der Waals surface area contributed by atoms with Crippen LogP contribution in [-0.4, -0.2) is 21.4 Å². The van der Waals surface area contributed by atoms with Crippen LogP contribution in [0.1, 0.15) is 0 Å². The number of nitrogens with two attached hydrogens (primary N) is 1. The molecule has 1 aliphatic heterocycles. The quantitative estimate of drug-likeness (QED) is 0.252. The first-order chi connectivity index (χ1) is 16.6. The first kappa shape index (κ1) is 22.9. The van der Waals surface area contributed by atoms with Gasteiger partial charge in [0.05, 0.1) is 11.0 Å². The summed E-state index contributed by atoms with van der Waals surface area (Å²) in [7, 11) is -8.45. The Kier molecular flexibility index (Phi) is 5.53. The van der Waals surface area contributed by atoms with Crippen LogP contribution in [0.15, 0.2) is 105 Å². The number of primary sulfonamides is 1. The van der Waals surface area contributed by atoms with E-state index in [-0.39, 0.29) is 15.5 Å². The zero-order valence-corrected chi connectivity index (χ0v) is 19.7. The number of nitrogens with one attached hydrogen (secondary N) is 1. The van der Waals surface area contributed by atoms with Crippen molar-refractivity contribution >= 4 is 36.8 Å². The lowest BCUT2D eigenvalue weighted by molar-refractivity contribution is -0.405. The highest BCUT2D eigenvalue weighted by molar-refractivity contribution is 7.89. The van der Waals surface area contributed by atoms with E-state index in [1.54, 1.807) is 54.6 Å². The van der Waals surface area contributed by atoms with Crippen molar-refractivity contribution in [3.8, 4) is 22.5 Å². The molecule has 0 aromatic heterocycles. The molecule has 5 rings (SSSR count). The number of hydrogen-bond acceptors (Lipinski definition) is 5. The van der Waals surface area contributed by atoms with Crippen molar-refractivity contribution in [2.24, 2.45) is 5.14 Å². The van der Waals surface area contributed by atoms with Crippen LogP contribution in [0.2, 0.25) is 0 Å². The van der Waals surface area contributed by atoms with E-state index in [1.807, 2.05) is 12.1 Å². The zero-order chi connectivity index (χ0) is 24.8. The Morgan fingerprint density at radius 2 is 1.40 bits per heavy atom. The molecule has 10 heteroatoms. The van der Waals surface area contributed by atoms with Gasteiger partial charge >= 0.3 is 10.1 Å². The molecule has 2 aliphatic rings.